The van der Waals surface area contributed by atoms with Gasteiger partial charge in [0.1, 0.15) is 18.9 Å². The normalized spacial score (nSPS) is 17.3. The molecule has 1 atom stereocenters. The predicted octanol–water partition coefficient (Wildman–Crippen LogP) is 1.38. The van der Waals surface area contributed by atoms with Crippen LogP contribution in [0.15, 0.2) is 30.3 Å². The maximum atomic E-state index is 11.3. The van der Waals surface area contributed by atoms with Crippen LogP contribution in [0.4, 0.5) is 4.79 Å². The van der Waals surface area contributed by atoms with E-state index in [1.165, 1.54) is 4.90 Å². The number of rotatable bonds is 3. The van der Waals surface area contributed by atoms with E-state index in [4.69, 9.17) is 4.74 Å². The molecule has 0 aliphatic carbocycles. The summed E-state index contributed by atoms with van der Waals surface area (Å²) >= 11 is 0. The number of benzene rings is 1. The molecule has 0 bridgehead atoms. The minimum Gasteiger partial charge on any atom is -0.448 e. The summed E-state index contributed by atoms with van der Waals surface area (Å²) < 4.78 is 4.80. The van der Waals surface area contributed by atoms with Crippen LogP contribution in [0, 0.1) is 0 Å². The van der Waals surface area contributed by atoms with Crippen LogP contribution in [-0.2, 0) is 9.53 Å². The second kappa shape index (κ2) is 4.13. The van der Waals surface area contributed by atoms with Crippen LogP contribution in [0.3, 0.4) is 0 Å². The second-order valence-electron chi connectivity index (χ2n) is 3.30. The van der Waals surface area contributed by atoms with Gasteiger partial charge < -0.3 is 9.53 Å². The summed E-state index contributed by atoms with van der Waals surface area (Å²) in [5, 5.41) is 0. The average Bonchev–Trinajstić information content (AvgIpc) is 2.68. The van der Waals surface area contributed by atoms with Crippen LogP contribution < -0.4 is 0 Å². The van der Waals surface area contributed by atoms with Gasteiger partial charge in [0, 0.05) is 0 Å². The molecule has 1 aliphatic heterocycles. The average molecular weight is 205 g/mol. The first-order valence-electron chi connectivity index (χ1n) is 4.76. The maximum Gasteiger partial charge on any atom is 0.410 e. The molecule has 1 aliphatic rings. The maximum absolute atomic E-state index is 11.3. The zero-order valence-electron chi connectivity index (χ0n) is 8.13. The highest BCUT2D eigenvalue weighted by Crippen LogP contribution is 2.21. The lowest BCUT2D eigenvalue weighted by molar-refractivity contribution is -0.111. The molecule has 4 heteroatoms. The van der Waals surface area contributed by atoms with E-state index in [-0.39, 0.29) is 0 Å². The Hall–Kier alpha value is -1.84. The smallest absolute Gasteiger partial charge is 0.410 e. The number of amides is 1. The van der Waals surface area contributed by atoms with Crippen LogP contribution in [0.5, 0.6) is 0 Å². The summed E-state index contributed by atoms with van der Waals surface area (Å²) in [6.45, 7) is 0.827. The molecule has 0 aromatic heterocycles. The Morgan fingerprint density at radius 3 is 2.60 bits per heavy atom. The van der Waals surface area contributed by atoms with Gasteiger partial charge >= 0.3 is 6.09 Å². The van der Waals surface area contributed by atoms with Crippen LogP contribution >= 0.6 is 0 Å². The van der Waals surface area contributed by atoms with E-state index in [0.717, 1.165) is 11.8 Å². The molecule has 0 spiro atoms. The van der Waals surface area contributed by atoms with Crippen molar-refractivity contribution in [3.63, 3.8) is 0 Å². The largest absolute Gasteiger partial charge is 0.448 e. The molecule has 0 N–H and O–H groups in total. The minimum absolute atomic E-state index is 0.357. The fourth-order valence-corrected chi connectivity index (χ4v) is 1.64. The van der Waals surface area contributed by atoms with Crippen LogP contribution in [0.25, 0.3) is 0 Å². The fraction of sp³-hybridized carbons (Fsp3) is 0.273. The summed E-state index contributed by atoms with van der Waals surface area (Å²) in [4.78, 5) is 23.7. The predicted molar refractivity (Wildman–Crippen MR) is 53.3 cm³/mol. The van der Waals surface area contributed by atoms with Crippen molar-refractivity contribution >= 4 is 12.4 Å². The molecule has 0 unspecified atom stereocenters. The molecule has 1 aromatic rings. The second-order valence-corrected chi connectivity index (χ2v) is 3.30. The van der Waals surface area contributed by atoms with Crippen LogP contribution in [0.1, 0.15) is 11.6 Å². The Morgan fingerprint density at radius 2 is 2.07 bits per heavy atom. The molecular weight excluding hydrogens is 194 g/mol. The first-order valence-corrected chi connectivity index (χ1v) is 4.76. The van der Waals surface area contributed by atoms with Crippen LogP contribution in [-0.4, -0.2) is 30.4 Å². The minimum atomic E-state index is -0.527. The van der Waals surface area contributed by atoms with Crippen molar-refractivity contribution < 1.29 is 14.3 Å². The summed E-state index contributed by atoms with van der Waals surface area (Å²) in [5.41, 5.74) is 0.811. The molecule has 1 amide bonds. The van der Waals surface area contributed by atoms with E-state index in [9.17, 15) is 9.59 Å². The van der Waals surface area contributed by atoms with Gasteiger partial charge in [0.25, 0.3) is 0 Å². The van der Waals surface area contributed by atoms with Gasteiger partial charge in [-0.25, -0.2) is 4.79 Å². The highest BCUT2D eigenvalue weighted by molar-refractivity contribution is 5.75. The number of nitrogens with zero attached hydrogens (tertiary/aromatic N) is 1. The number of carbonyl (C=O) groups is 2. The van der Waals surface area contributed by atoms with E-state index in [1.807, 2.05) is 30.3 Å². The molecule has 0 radical (unpaired) electrons. The third-order valence-electron chi connectivity index (χ3n) is 2.40. The van der Waals surface area contributed by atoms with E-state index >= 15 is 0 Å². The number of aldehydes is 1. The van der Waals surface area contributed by atoms with Gasteiger partial charge in [-0.3, -0.25) is 4.90 Å². The number of ether oxygens (including phenoxy) is 1. The molecule has 0 saturated carbocycles. The molecule has 1 saturated heterocycles. The van der Waals surface area contributed by atoms with Gasteiger partial charge in [-0.15, -0.1) is 0 Å². The summed E-state index contributed by atoms with van der Waals surface area (Å²) in [6, 6.07) is 8.67. The van der Waals surface area contributed by atoms with Crippen molar-refractivity contribution in [3.05, 3.63) is 35.9 Å². The molecule has 1 heterocycles. The molecular formula is C11H11NO3. The van der Waals surface area contributed by atoms with Crippen molar-refractivity contribution in [1.82, 2.24) is 4.90 Å². The Bertz CT molecular complexity index is 363. The highest BCUT2D eigenvalue weighted by atomic mass is 16.6. The first kappa shape index (κ1) is 9.71. The Morgan fingerprint density at radius 1 is 1.33 bits per heavy atom. The van der Waals surface area contributed by atoms with Crippen molar-refractivity contribution in [3.8, 4) is 0 Å². The lowest BCUT2D eigenvalue weighted by Crippen LogP contribution is -2.30. The molecule has 1 aromatic carbocycles. The molecule has 78 valence electrons. The van der Waals surface area contributed by atoms with Gasteiger partial charge in [0.05, 0.1) is 6.54 Å². The lowest BCUT2D eigenvalue weighted by Gasteiger charge is -2.20. The Balaban J connectivity index is 2.24. The van der Waals surface area contributed by atoms with Crippen molar-refractivity contribution in [2.45, 2.75) is 6.04 Å². The summed E-state index contributed by atoms with van der Waals surface area (Å²) in [7, 11) is 0. The quantitative estimate of drug-likeness (QED) is 0.700. The van der Waals surface area contributed by atoms with Gasteiger partial charge in [0.15, 0.2) is 0 Å². The van der Waals surface area contributed by atoms with Crippen molar-refractivity contribution in [1.29, 1.82) is 0 Å². The molecule has 15 heavy (non-hydrogen) atoms. The zero-order valence-corrected chi connectivity index (χ0v) is 8.13. The van der Waals surface area contributed by atoms with E-state index in [1.54, 1.807) is 0 Å². The van der Waals surface area contributed by atoms with E-state index in [2.05, 4.69) is 0 Å². The summed E-state index contributed by atoms with van der Waals surface area (Å²) in [6.07, 6.45) is 0.345. The number of cyclic esters (lactones) is 1. The Labute approximate surface area is 87.4 Å². The van der Waals surface area contributed by atoms with Gasteiger partial charge in [-0.1, -0.05) is 30.3 Å². The fourth-order valence-electron chi connectivity index (χ4n) is 1.64. The molecule has 1 fully saturated rings. The molecule has 2 rings (SSSR count). The zero-order chi connectivity index (χ0) is 10.7. The van der Waals surface area contributed by atoms with Crippen molar-refractivity contribution in [2.24, 2.45) is 0 Å². The third-order valence-corrected chi connectivity index (χ3v) is 2.40. The van der Waals surface area contributed by atoms with E-state index < -0.39 is 12.1 Å². The van der Waals surface area contributed by atoms with Crippen molar-refractivity contribution in [2.75, 3.05) is 13.2 Å². The number of hydrogen-bond donors (Lipinski definition) is 0. The lowest BCUT2D eigenvalue weighted by atomic mass is 10.1. The standard InChI is InChI=1S/C11H11NO3/c13-8-10(9-4-2-1-3-5-9)12-6-7-15-11(12)14/h1-5,8,10H,6-7H2/t10-/m0/s1. The summed E-state index contributed by atoms with van der Waals surface area (Å²) in [5.74, 6) is 0. The first-order chi connectivity index (χ1) is 7.33. The monoisotopic (exact) mass is 205 g/mol. The highest BCUT2D eigenvalue weighted by Gasteiger charge is 2.30. The van der Waals surface area contributed by atoms with E-state index in [0.29, 0.717) is 13.2 Å². The SMILES string of the molecule is O=C[C@@H](c1ccccc1)N1CCOC1=O. The van der Waals surface area contributed by atoms with Gasteiger partial charge in [0.2, 0.25) is 0 Å². The third kappa shape index (κ3) is 1.83. The number of hydrogen-bond acceptors (Lipinski definition) is 3. The molecule has 4 nitrogen and oxygen atoms in total. The topological polar surface area (TPSA) is 46.6 Å². The van der Waals surface area contributed by atoms with Crippen LogP contribution in [0.2, 0.25) is 0 Å². The van der Waals surface area contributed by atoms with Gasteiger partial charge in [-0.05, 0) is 5.56 Å². The van der Waals surface area contributed by atoms with Gasteiger partial charge in [-0.2, -0.15) is 0 Å². The number of carbonyl (C=O) groups excluding carboxylic acids is 2. The Kier molecular flexibility index (Phi) is 2.67.